The van der Waals surface area contributed by atoms with Crippen LogP contribution in [0.15, 0.2) is 10.6 Å². The molecular weight excluding hydrogens is 274 g/mol. The minimum absolute atomic E-state index is 0.186. The van der Waals surface area contributed by atoms with Gasteiger partial charge in [-0.2, -0.15) is 0 Å². The van der Waals surface area contributed by atoms with Crippen LogP contribution in [-0.4, -0.2) is 48.7 Å². The Morgan fingerprint density at radius 2 is 2.19 bits per heavy atom. The van der Waals surface area contributed by atoms with Crippen LogP contribution in [0.2, 0.25) is 0 Å². The zero-order valence-electron chi connectivity index (χ0n) is 13.0. The first-order valence-electron chi connectivity index (χ1n) is 7.01. The lowest BCUT2D eigenvalue weighted by Crippen LogP contribution is -2.34. The van der Waals surface area contributed by atoms with Gasteiger partial charge in [-0.15, -0.1) is 0 Å². The molecule has 7 heteroatoms. The molecule has 118 valence electrons. The predicted molar refractivity (Wildman–Crippen MR) is 78.0 cm³/mol. The van der Waals surface area contributed by atoms with Crippen LogP contribution in [0.25, 0.3) is 0 Å². The highest BCUT2D eigenvalue weighted by molar-refractivity contribution is 5.91. The lowest BCUT2D eigenvalue weighted by molar-refractivity contribution is -0.141. The number of aromatic nitrogens is 1. The molecule has 0 aliphatic heterocycles. The van der Waals surface area contributed by atoms with E-state index in [1.165, 1.54) is 7.11 Å². The van der Waals surface area contributed by atoms with Crippen molar-refractivity contribution in [2.45, 2.75) is 33.1 Å². The first-order valence-corrected chi connectivity index (χ1v) is 7.01. The van der Waals surface area contributed by atoms with Crippen molar-refractivity contribution in [1.29, 1.82) is 0 Å². The Hall–Kier alpha value is -1.89. The number of methoxy groups -OCH3 is 1. The molecule has 0 radical (unpaired) electrons. The minimum atomic E-state index is -0.286. The van der Waals surface area contributed by atoms with Crippen molar-refractivity contribution in [1.82, 2.24) is 10.1 Å². The fourth-order valence-electron chi connectivity index (χ4n) is 1.70. The maximum absolute atomic E-state index is 11.9. The number of anilines is 1. The third-order valence-corrected chi connectivity index (χ3v) is 3.06. The van der Waals surface area contributed by atoms with Gasteiger partial charge in [0.25, 0.3) is 0 Å². The molecule has 1 rings (SSSR count). The van der Waals surface area contributed by atoms with Crippen molar-refractivity contribution >= 4 is 17.8 Å². The van der Waals surface area contributed by atoms with E-state index < -0.39 is 0 Å². The summed E-state index contributed by atoms with van der Waals surface area (Å²) in [6, 6.07) is 1.72. The fraction of sp³-hybridized carbons (Fsp3) is 0.643. The van der Waals surface area contributed by atoms with E-state index in [-0.39, 0.29) is 30.8 Å². The van der Waals surface area contributed by atoms with E-state index in [2.05, 4.69) is 15.2 Å². The standard InChI is InChI=1S/C14H23N3O4/c1-5-17(7-6-14(19)20-4)9-12(18)15-13-8-11(10(2)3)16-21-13/h8,10H,5-7,9H2,1-4H3,(H,15,18). The molecule has 1 heterocycles. The second-order valence-corrected chi connectivity index (χ2v) is 5.01. The Morgan fingerprint density at radius 1 is 1.48 bits per heavy atom. The Labute approximate surface area is 124 Å². The second-order valence-electron chi connectivity index (χ2n) is 5.01. The summed E-state index contributed by atoms with van der Waals surface area (Å²) in [5.41, 5.74) is 0.795. The average molecular weight is 297 g/mol. The summed E-state index contributed by atoms with van der Waals surface area (Å²) >= 11 is 0. The molecule has 0 aliphatic carbocycles. The molecular formula is C14H23N3O4. The van der Waals surface area contributed by atoms with Crippen LogP contribution in [0.5, 0.6) is 0 Å². The van der Waals surface area contributed by atoms with Gasteiger partial charge in [-0.3, -0.25) is 19.8 Å². The molecule has 1 aromatic rings. The van der Waals surface area contributed by atoms with Crippen molar-refractivity contribution in [3.05, 3.63) is 11.8 Å². The molecule has 21 heavy (non-hydrogen) atoms. The van der Waals surface area contributed by atoms with Crippen molar-refractivity contribution in [2.24, 2.45) is 0 Å². The molecule has 1 N–H and O–H groups in total. The van der Waals surface area contributed by atoms with Gasteiger partial charge in [-0.25, -0.2) is 0 Å². The van der Waals surface area contributed by atoms with Crippen LogP contribution >= 0.6 is 0 Å². The van der Waals surface area contributed by atoms with Gasteiger partial charge < -0.3 is 9.26 Å². The molecule has 1 aromatic heterocycles. The van der Waals surface area contributed by atoms with Gasteiger partial charge in [0.05, 0.1) is 25.8 Å². The average Bonchev–Trinajstić information content (AvgIpc) is 2.91. The number of carbonyl (C=O) groups is 2. The van der Waals surface area contributed by atoms with Crippen LogP contribution in [0.4, 0.5) is 5.88 Å². The van der Waals surface area contributed by atoms with Gasteiger partial charge in [0.15, 0.2) is 0 Å². The number of carbonyl (C=O) groups excluding carboxylic acids is 2. The van der Waals surface area contributed by atoms with Gasteiger partial charge in [0, 0.05) is 12.6 Å². The smallest absolute Gasteiger partial charge is 0.306 e. The number of hydrogen-bond donors (Lipinski definition) is 1. The molecule has 0 aromatic carbocycles. The lowest BCUT2D eigenvalue weighted by atomic mass is 10.1. The van der Waals surface area contributed by atoms with Gasteiger partial charge in [0.2, 0.25) is 11.8 Å². The highest BCUT2D eigenvalue weighted by Crippen LogP contribution is 2.17. The van der Waals surface area contributed by atoms with E-state index in [0.29, 0.717) is 19.0 Å². The number of nitrogens with one attached hydrogen (secondary N) is 1. The maximum atomic E-state index is 11.9. The van der Waals surface area contributed by atoms with Gasteiger partial charge >= 0.3 is 5.97 Å². The summed E-state index contributed by atoms with van der Waals surface area (Å²) in [4.78, 5) is 24.9. The molecule has 0 spiro atoms. The zero-order valence-corrected chi connectivity index (χ0v) is 13.0. The molecule has 0 saturated carbocycles. The summed E-state index contributed by atoms with van der Waals surface area (Å²) in [6.07, 6.45) is 0.261. The molecule has 0 atom stereocenters. The van der Waals surface area contributed by atoms with Gasteiger partial charge in [0.1, 0.15) is 0 Å². The van der Waals surface area contributed by atoms with Crippen molar-refractivity contribution in [3.8, 4) is 0 Å². The first-order chi connectivity index (χ1) is 9.96. The number of hydrogen-bond acceptors (Lipinski definition) is 6. The topological polar surface area (TPSA) is 84.7 Å². The van der Waals surface area contributed by atoms with Crippen molar-refractivity contribution in [2.75, 3.05) is 32.1 Å². The normalized spacial score (nSPS) is 11.0. The molecule has 1 amide bonds. The number of ether oxygens (including phenoxy) is 1. The van der Waals surface area contributed by atoms with Crippen LogP contribution in [0.1, 0.15) is 38.8 Å². The second kappa shape index (κ2) is 8.41. The van der Waals surface area contributed by atoms with Gasteiger partial charge in [-0.1, -0.05) is 25.9 Å². The fourth-order valence-corrected chi connectivity index (χ4v) is 1.70. The highest BCUT2D eigenvalue weighted by Gasteiger charge is 2.14. The Kier molecular flexibility index (Phi) is 6.87. The number of likely N-dealkylation sites (N-methyl/N-ethyl adjacent to an activating group) is 1. The largest absolute Gasteiger partial charge is 0.469 e. The van der Waals surface area contributed by atoms with E-state index in [1.54, 1.807) is 6.07 Å². The van der Waals surface area contributed by atoms with E-state index in [4.69, 9.17) is 4.52 Å². The van der Waals surface area contributed by atoms with E-state index in [1.807, 2.05) is 25.7 Å². The number of esters is 1. The van der Waals surface area contributed by atoms with Crippen LogP contribution in [0, 0.1) is 0 Å². The number of rotatable bonds is 8. The molecule has 0 aliphatic rings. The summed E-state index contributed by atoms with van der Waals surface area (Å²) in [7, 11) is 1.35. The molecule has 0 unspecified atom stereocenters. The van der Waals surface area contributed by atoms with E-state index in [9.17, 15) is 9.59 Å². The van der Waals surface area contributed by atoms with Gasteiger partial charge in [-0.05, 0) is 12.5 Å². The molecule has 0 saturated heterocycles. The van der Waals surface area contributed by atoms with Crippen molar-refractivity contribution in [3.63, 3.8) is 0 Å². The Balaban J connectivity index is 2.44. The van der Waals surface area contributed by atoms with Crippen LogP contribution in [-0.2, 0) is 14.3 Å². The summed E-state index contributed by atoms with van der Waals surface area (Å²) in [5, 5.41) is 6.53. The number of nitrogens with zero attached hydrogens (tertiary/aromatic N) is 2. The SMILES string of the molecule is CCN(CCC(=O)OC)CC(=O)Nc1cc(C(C)C)no1. The monoisotopic (exact) mass is 297 g/mol. The predicted octanol–water partition coefficient (Wildman–Crippen LogP) is 1.62. The molecule has 7 nitrogen and oxygen atoms in total. The van der Waals surface area contributed by atoms with Crippen LogP contribution in [0.3, 0.4) is 0 Å². The minimum Gasteiger partial charge on any atom is -0.469 e. The summed E-state index contributed by atoms with van der Waals surface area (Å²) < 4.78 is 9.63. The summed E-state index contributed by atoms with van der Waals surface area (Å²) in [6.45, 7) is 7.24. The van der Waals surface area contributed by atoms with Crippen LogP contribution < -0.4 is 5.32 Å². The number of amides is 1. The molecule has 0 fully saturated rings. The summed E-state index contributed by atoms with van der Waals surface area (Å²) in [5.74, 6) is 0.0955. The third kappa shape index (κ3) is 5.95. The quantitative estimate of drug-likeness (QED) is 0.734. The third-order valence-electron chi connectivity index (χ3n) is 3.06. The zero-order chi connectivity index (χ0) is 15.8. The lowest BCUT2D eigenvalue weighted by Gasteiger charge is -2.18. The highest BCUT2D eigenvalue weighted by atomic mass is 16.5. The van der Waals surface area contributed by atoms with E-state index >= 15 is 0 Å². The van der Waals surface area contributed by atoms with E-state index in [0.717, 1.165) is 5.69 Å². The first kappa shape index (κ1) is 17.2. The molecule has 0 bridgehead atoms. The van der Waals surface area contributed by atoms with Crippen molar-refractivity contribution < 1.29 is 18.8 Å². The maximum Gasteiger partial charge on any atom is 0.306 e. The Morgan fingerprint density at radius 3 is 2.71 bits per heavy atom. The Bertz CT molecular complexity index is 471.